The number of fused-ring (bicyclic) bond motifs is 3. The molecule has 6 amide bonds. The second-order valence-electron chi connectivity index (χ2n) is 18.1. The van der Waals surface area contributed by atoms with Crippen LogP contribution in [0.1, 0.15) is 66.0 Å². The number of carbonyl (C=O) groups is 7. The lowest BCUT2D eigenvalue weighted by molar-refractivity contribution is -0.143. The molecule has 3 atom stereocenters. The molecule has 16 nitrogen and oxygen atoms in total. The smallest absolute Gasteiger partial charge is 0.306 e. The lowest BCUT2D eigenvalue weighted by Crippen LogP contribution is -2.58. The zero-order chi connectivity index (χ0) is 50.6. The highest BCUT2D eigenvalue weighted by molar-refractivity contribution is 5.97. The van der Waals surface area contributed by atoms with Crippen LogP contribution in [-0.4, -0.2) is 111 Å². The number of carbonyl (C=O) groups excluding carboxylic acids is 7. The molecule has 0 aromatic heterocycles. The predicted molar refractivity (Wildman–Crippen MR) is 269 cm³/mol. The van der Waals surface area contributed by atoms with Crippen molar-refractivity contribution >= 4 is 41.4 Å². The number of nitrogens with one attached hydrogen (secondary N) is 5. The standard InChI is InChI=1S/C55H67N7O9/c1-3-71-51(66)23-17-39-16-20-45(38(2)32-39)42-18-14-40(15-19-42)33-47-53(68)59-36-44-13-8-7-12-43(44)34-49(64)60-46(52(67)58-28-31-70-30-26-56)24-27-57-48(63)21-22-50(65)62-29-9-25-55(37-62,54(69)61-47)35-41-10-5-4-6-11-41/h4-8,10-16,18-22,32,46-47H,3,9,17,23-31,33-37,56H2,1-2H3,(H,57,63)(H,58,67)(H,59,68)(H,60,64)(H,61,69)/b22-21+/t46-,47-,55-/m0/s1. The van der Waals surface area contributed by atoms with Crippen molar-refractivity contribution in [1.29, 1.82) is 0 Å². The first-order chi connectivity index (χ1) is 34.4. The van der Waals surface area contributed by atoms with Gasteiger partial charge in [0, 0.05) is 64.3 Å². The summed E-state index contributed by atoms with van der Waals surface area (Å²) in [5.74, 6) is -3.01. The maximum atomic E-state index is 15.0. The average Bonchev–Trinajstić information content (AvgIpc) is 3.36. The molecule has 0 radical (unpaired) electrons. The molecule has 2 heterocycles. The van der Waals surface area contributed by atoms with Crippen LogP contribution in [0.4, 0.5) is 0 Å². The second-order valence-corrected chi connectivity index (χ2v) is 18.1. The van der Waals surface area contributed by atoms with Crippen LogP contribution in [0.5, 0.6) is 0 Å². The van der Waals surface area contributed by atoms with Crippen LogP contribution in [0.15, 0.2) is 109 Å². The Morgan fingerprint density at radius 3 is 2.34 bits per heavy atom. The first-order valence-electron chi connectivity index (χ1n) is 24.5. The normalized spacial score (nSPS) is 19.9. The molecule has 2 bridgehead atoms. The van der Waals surface area contributed by atoms with Crippen LogP contribution in [-0.2, 0) is 75.3 Å². The van der Waals surface area contributed by atoms with Gasteiger partial charge in [-0.05, 0) is 90.5 Å². The summed E-state index contributed by atoms with van der Waals surface area (Å²) in [5, 5.41) is 14.5. The number of esters is 1. The number of nitrogens with zero attached hydrogens (tertiary/aromatic N) is 1. The summed E-state index contributed by atoms with van der Waals surface area (Å²) in [6, 6.07) is 28.6. The van der Waals surface area contributed by atoms with Crippen LogP contribution >= 0.6 is 0 Å². The number of benzene rings is 4. The minimum absolute atomic E-state index is 0.00574. The topological polar surface area (TPSA) is 227 Å². The zero-order valence-electron chi connectivity index (χ0n) is 40.8. The molecule has 16 heteroatoms. The Hall–Kier alpha value is -7.17. The molecule has 0 unspecified atom stereocenters. The van der Waals surface area contributed by atoms with Gasteiger partial charge in [-0.1, -0.05) is 97.1 Å². The maximum Gasteiger partial charge on any atom is 0.306 e. The van der Waals surface area contributed by atoms with Crippen molar-refractivity contribution in [1.82, 2.24) is 31.5 Å². The van der Waals surface area contributed by atoms with Gasteiger partial charge in [0.05, 0.1) is 31.7 Å². The van der Waals surface area contributed by atoms with E-state index in [9.17, 15) is 28.8 Å². The van der Waals surface area contributed by atoms with Gasteiger partial charge >= 0.3 is 5.97 Å². The van der Waals surface area contributed by atoms with E-state index < -0.39 is 47.0 Å². The molecule has 0 spiro atoms. The zero-order valence-corrected chi connectivity index (χ0v) is 40.8. The molecular weight excluding hydrogens is 903 g/mol. The number of piperidine rings is 1. The van der Waals surface area contributed by atoms with Crippen LogP contribution < -0.4 is 32.3 Å². The molecule has 6 rings (SSSR count). The molecule has 1 fully saturated rings. The highest BCUT2D eigenvalue weighted by Gasteiger charge is 2.44. The number of ether oxygens (including phenoxy) is 2. The lowest BCUT2D eigenvalue weighted by Gasteiger charge is -2.42. The first-order valence-corrected chi connectivity index (χ1v) is 24.5. The minimum atomic E-state index is -1.13. The van der Waals surface area contributed by atoms with Crippen molar-refractivity contribution in [2.45, 2.75) is 83.8 Å². The fourth-order valence-electron chi connectivity index (χ4n) is 9.08. The van der Waals surface area contributed by atoms with E-state index in [2.05, 4.69) is 32.7 Å². The maximum absolute atomic E-state index is 15.0. The Bertz CT molecular complexity index is 2510. The molecule has 0 saturated carbocycles. The third-order valence-corrected chi connectivity index (χ3v) is 12.8. The van der Waals surface area contributed by atoms with Gasteiger partial charge in [0.2, 0.25) is 35.4 Å². The Kier molecular flexibility index (Phi) is 20.0. The Morgan fingerprint density at radius 2 is 1.59 bits per heavy atom. The van der Waals surface area contributed by atoms with Gasteiger partial charge in [-0.15, -0.1) is 0 Å². The number of amides is 6. The van der Waals surface area contributed by atoms with Crippen molar-refractivity contribution in [2.24, 2.45) is 11.1 Å². The number of nitrogens with two attached hydrogens (primary N) is 1. The number of rotatable bonds is 15. The summed E-state index contributed by atoms with van der Waals surface area (Å²) in [7, 11) is 0. The highest BCUT2D eigenvalue weighted by atomic mass is 16.5. The lowest BCUT2D eigenvalue weighted by atomic mass is 9.74. The molecule has 7 N–H and O–H groups in total. The highest BCUT2D eigenvalue weighted by Crippen LogP contribution is 2.35. The third-order valence-electron chi connectivity index (χ3n) is 12.8. The van der Waals surface area contributed by atoms with Crippen molar-refractivity contribution in [3.63, 3.8) is 0 Å². The van der Waals surface area contributed by atoms with E-state index in [4.69, 9.17) is 15.2 Å². The minimum Gasteiger partial charge on any atom is -0.466 e. The van der Waals surface area contributed by atoms with Crippen molar-refractivity contribution in [3.05, 3.63) is 143 Å². The molecule has 4 aromatic carbocycles. The van der Waals surface area contributed by atoms with Gasteiger partial charge < -0.3 is 46.7 Å². The number of hydrogen-bond acceptors (Lipinski definition) is 10. The summed E-state index contributed by atoms with van der Waals surface area (Å²) in [5.41, 5.74) is 11.4. The second kappa shape index (κ2) is 26.7. The van der Waals surface area contributed by atoms with Crippen LogP contribution in [0.2, 0.25) is 0 Å². The van der Waals surface area contributed by atoms with E-state index in [1.807, 2.05) is 73.7 Å². The van der Waals surface area contributed by atoms with Crippen molar-refractivity contribution in [2.75, 3.05) is 52.5 Å². The van der Waals surface area contributed by atoms with E-state index in [0.29, 0.717) is 69.5 Å². The molecule has 2 aliphatic rings. The summed E-state index contributed by atoms with van der Waals surface area (Å²) in [4.78, 5) is 96.9. The molecule has 1 saturated heterocycles. The van der Waals surface area contributed by atoms with E-state index in [1.165, 1.54) is 6.08 Å². The van der Waals surface area contributed by atoms with Crippen LogP contribution in [0, 0.1) is 12.3 Å². The fourth-order valence-corrected chi connectivity index (χ4v) is 9.08. The van der Waals surface area contributed by atoms with Crippen molar-refractivity contribution < 1.29 is 43.0 Å². The molecule has 2 aliphatic heterocycles. The summed E-state index contributed by atoms with van der Waals surface area (Å²) in [6.07, 6.45) is 4.47. The summed E-state index contributed by atoms with van der Waals surface area (Å²) < 4.78 is 10.5. The average molecular weight is 970 g/mol. The van der Waals surface area contributed by atoms with Gasteiger partial charge in [-0.25, -0.2) is 0 Å². The SMILES string of the molecule is CCOC(=O)CCc1ccc(-c2ccc(C[C@@H]3NC(=O)[C@]4(Cc5ccccc5)CCCN(C4)C(=O)/C=C/C(=O)NCC[C@@H](C(=O)NCCOCCN)NC(=O)Cc4ccccc4CNC3=O)cc2)c(C)c1. The van der Waals surface area contributed by atoms with Crippen molar-refractivity contribution in [3.8, 4) is 11.1 Å². The van der Waals surface area contributed by atoms with Gasteiger partial charge in [0.15, 0.2) is 0 Å². The molecular formula is C55H67N7O9. The number of aryl methyl sites for hydroxylation is 2. The molecule has 71 heavy (non-hydrogen) atoms. The Balaban J connectivity index is 1.29. The molecule has 0 aliphatic carbocycles. The Morgan fingerprint density at radius 1 is 0.845 bits per heavy atom. The van der Waals surface area contributed by atoms with E-state index in [-0.39, 0.29) is 63.9 Å². The fraction of sp³-hybridized carbons (Fsp3) is 0.400. The first kappa shape index (κ1) is 53.2. The third kappa shape index (κ3) is 15.9. The largest absolute Gasteiger partial charge is 0.466 e. The van der Waals surface area contributed by atoms with Gasteiger partial charge in [-0.2, -0.15) is 0 Å². The summed E-state index contributed by atoms with van der Waals surface area (Å²) >= 11 is 0. The molecule has 4 aromatic rings. The monoisotopic (exact) mass is 970 g/mol. The molecule has 376 valence electrons. The van der Waals surface area contributed by atoms with E-state index >= 15 is 4.79 Å². The Labute approximate surface area is 415 Å². The van der Waals surface area contributed by atoms with E-state index in [0.717, 1.165) is 39.5 Å². The predicted octanol–water partition coefficient (Wildman–Crippen LogP) is 3.55. The van der Waals surface area contributed by atoms with Gasteiger partial charge in [0.1, 0.15) is 12.1 Å². The summed E-state index contributed by atoms with van der Waals surface area (Å²) in [6.45, 7) is 5.65. The number of hydrogen-bond donors (Lipinski definition) is 6. The van der Waals surface area contributed by atoms with Crippen LogP contribution in [0.25, 0.3) is 11.1 Å². The van der Waals surface area contributed by atoms with Gasteiger partial charge in [-0.3, -0.25) is 33.6 Å². The van der Waals surface area contributed by atoms with Gasteiger partial charge in [0.25, 0.3) is 0 Å². The quantitative estimate of drug-likeness (QED) is 0.0751. The van der Waals surface area contributed by atoms with E-state index in [1.54, 1.807) is 36.1 Å². The van der Waals surface area contributed by atoms with Crippen LogP contribution in [0.3, 0.4) is 0 Å².